The van der Waals surface area contributed by atoms with E-state index >= 15 is 0 Å². The number of hydrogen-bond donors (Lipinski definition) is 0. The molecule has 4 aromatic rings. The van der Waals surface area contributed by atoms with Gasteiger partial charge in [-0.3, -0.25) is 0 Å². The van der Waals surface area contributed by atoms with E-state index < -0.39 is 20.8 Å². The quantitative estimate of drug-likeness (QED) is 0.204. The normalized spacial score (nSPS) is 10.2. The van der Waals surface area contributed by atoms with Gasteiger partial charge < -0.3 is 0 Å². The number of rotatable bonds is 6. The predicted octanol–water partition coefficient (Wildman–Crippen LogP) is 10.6. The Kier molecular flexibility index (Phi) is 13.9. The average molecular weight is 565 g/mol. The molecule has 0 N–H and O–H groups in total. The third-order valence-electron chi connectivity index (χ3n) is 4.70. The van der Waals surface area contributed by atoms with Crippen molar-refractivity contribution in [2.45, 2.75) is 39.5 Å². The molecule has 4 rings (SSSR count). The van der Waals surface area contributed by atoms with Crippen molar-refractivity contribution in [3.05, 3.63) is 95.5 Å². The second-order valence-corrected chi connectivity index (χ2v) is 12.7. The van der Waals surface area contributed by atoms with Crippen LogP contribution in [0, 0.1) is 0 Å². The van der Waals surface area contributed by atoms with Crippen LogP contribution in [0.5, 0.6) is 0 Å². The predicted molar refractivity (Wildman–Crippen MR) is 140 cm³/mol. The molecule has 2 aromatic heterocycles. The zero-order valence-corrected chi connectivity index (χ0v) is 23.8. The second kappa shape index (κ2) is 16.1. The Morgan fingerprint density at radius 3 is 1.32 bits per heavy atom. The molecule has 0 fully saturated rings. The molecular formula is C26H28Cl2P2Zr. The molecule has 0 nitrogen and oxygen atoms in total. The van der Waals surface area contributed by atoms with E-state index in [1.807, 2.05) is 0 Å². The van der Waals surface area contributed by atoms with E-state index in [9.17, 15) is 0 Å². The first kappa shape index (κ1) is 26.7. The zero-order valence-electron chi connectivity index (χ0n) is 18.1. The molecule has 0 spiro atoms. The molecule has 0 saturated carbocycles. The van der Waals surface area contributed by atoms with Gasteiger partial charge in [0.05, 0.1) is 0 Å². The first-order valence-corrected chi connectivity index (χ1v) is 18.8. The van der Waals surface area contributed by atoms with E-state index in [-0.39, 0.29) is 0 Å². The molecule has 0 aliphatic rings. The van der Waals surface area contributed by atoms with Crippen LogP contribution in [0.15, 0.2) is 84.4 Å². The van der Waals surface area contributed by atoms with Crippen LogP contribution in [0.4, 0.5) is 0 Å². The molecule has 0 saturated heterocycles. The summed E-state index contributed by atoms with van der Waals surface area (Å²) in [6.45, 7) is 4.47. The van der Waals surface area contributed by atoms with Gasteiger partial charge in [0.25, 0.3) is 0 Å². The van der Waals surface area contributed by atoms with Crippen LogP contribution < -0.4 is 0 Å². The Bertz CT molecular complexity index is 886. The molecule has 0 aliphatic carbocycles. The standard InChI is InChI=1S/2C13H14P.2ClH.Zr/c2*1-2-6-11-9-10-14-13(11)12-7-4-3-5-8-12;;;/h2*3-5,7-10H,2,6H2,1H3;2*1H;/q2*-1;;;+4/p-2. The number of aryl methyl sites for hydroxylation is 2. The Hall–Kier alpha value is -0.537. The fourth-order valence-corrected chi connectivity index (χ4v) is 5.49. The van der Waals surface area contributed by atoms with Crippen molar-refractivity contribution in [1.29, 1.82) is 0 Å². The van der Waals surface area contributed by atoms with Crippen LogP contribution >= 0.6 is 33.4 Å². The first-order valence-electron chi connectivity index (χ1n) is 10.5. The molecule has 0 atom stereocenters. The molecule has 0 aliphatic heterocycles. The van der Waals surface area contributed by atoms with Crippen LogP contribution in [-0.4, -0.2) is 0 Å². The van der Waals surface area contributed by atoms with E-state index in [0.29, 0.717) is 0 Å². The van der Waals surface area contributed by atoms with Gasteiger partial charge in [0, 0.05) is 0 Å². The maximum atomic E-state index is 4.93. The first-order chi connectivity index (χ1) is 15.2. The molecule has 2 heterocycles. The Morgan fingerprint density at radius 2 is 1.00 bits per heavy atom. The number of hydrogen-bond acceptors (Lipinski definition) is 0. The summed E-state index contributed by atoms with van der Waals surface area (Å²) < 4.78 is 0. The topological polar surface area (TPSA) is 0 Å². The fraction of sp³-hybridized carbons (Fsp3) is 0.231. The number of halogens is 2. The van der Waals surface area contributed by atoms with Crippen molar-refractivity contribution >= 4 is 33.4 Å². The third kappa shape index (κ3) is 9.08. The molecular weight excluding hydrogens is 536 g/mol. The van der Waals surface area contributed by atoms with Gasteiger partial charge in [-0.2, -0.15) is 16.4 Å². The van der Waals surface area contributed by atoms with Crippen LogP contribution in [0.1, 0.15) is 37.8 Å². The average Bonchev–Trinajstić information content (AvgIpc) is 3.46. The summed E-state index contributed by atoms with van der Waals surface area (Å²) in [5.74, 6) is 4.49. The van der Waals surface area contributed by atoms with E-state index in [0.717, 1.165) is 0 Å². The summed E-state index contributed by atoms with van der Waals surface area (Å²) in [4.78, 5) is 0. The second-order valence-electron chi connectivity index (χ2n) is 6.94. The molecule has 0 amide bonds. The van der Waals surface area contributed by atoms with Crippen LogP contribution in [0.3, 0.4) is 0 Å². The summed E-state index contributed by atoms with van der Waals surface area (Å²) in [5.41, 5.74) is 5.78. The van der Waals surface area contributed by atoms with Crippen molar-refractivity contribution in [1.82, 2.24) is 0 Å². The van der Waals surface area contributed by atoms with E-state index in [1.54, 1.807) is 0 Å². The van der Waals surface area contributed by atoms with Crippen molar-refractivity contribution in [2.24, 2.45) is 0 Å². The molecule has 31 heavy (non-hydrogen) atoms. The summed E-state index contributed by atoms with van der Waals surface area (Å²) in [5, 5.41) is 2.99. The zero-order chi connectivity index (χ0) is 22.3. The third-order valence-corrected chi connectivity index (χ3v) is 6.90. The monoisotopic (exact) mass is 562 g/mol. The van der Waals surface area contributed by atoms with Crippen LogP contribution in [0.2, 0.25) is 0 Å². The Balaban J connectivity index is 0.000000196. The fourth-order valence-electron chi connectivity index (χ4n) is 3.38. The molecule has 5 heteroatoms. The van der Waals surface area contributed by atoms with Crippen LogP contribution in [-0.2, 0) is 33.7 Å². The van der Waals surface area contributed by atoms with Crippen molar-refractivity contribution in [3.8, 4) is 21.7 Å². The molecule has 0 radical (unpaired) electrons. The van der Waals surface area contributed by atoms with Gasteiger partial charge >= 0.3 is 37.9 Å². The van der Waals surface area contributed by atoms with Gasteiger partial charge in [-0.1, -0.05) is 73.7 Å². The van der Waals surface area contributed by atoms with E-state index in [4.69, 9.17) is 17.0 Å². The number of benzene rings is 2. The molecule has 0 bridgehead atoms. The van der Waals surface area contributed by atoms with E-state index in [1.165, 1.54) is 74.9 Å². The molecule has 0 unspecified atom stereocenters. The maximum absolute atomic E-state index is 4.93. The summed E-state index contributed by atoms with van der Waals surface area (Å²) in [6.07, 6.45) is 4.86. The molecule has 160 valence electrons. The Labute approximate surface area is 209 Å². The van der Waals surface area contributed by atoms with Crippen molar-refractivity contribution in [3.63, 3.8) is 0 Å². The minimum atomic E-state index is -0.826. The Morgan fingerprint density at radius 1 is 0.645 bits per heavy atom. The van der Waals surface area contributed by atoms with E-state index in [2.05, 4.69) is 98.2 Å². The summed E-state index contributed by atoms with van der Waals surface area (Å²) in [7, 11) is 12.6. The van der Waals surface area contributed by atoms with Gasteiger partial charge in [0.2, 0.25) is 0 Å². The van der Waals surface area contributed by atoms with Crippen molar-refractivity contribution in [2.75, 3.05) is 0 Å². The van der Waals surface area contributed by atoms with Crippen LogP contribution in [0.25, 0.3) is 21.7 Å². The minimum absolute atomic E-state index is 0.826. The van der Waals surface area contributed by atoms with Gasteiger partial charge in [-0.05, 0) is 12.8 Å². The summed E-state index contributed by atoms with van der Waals surface area (Å²) >= 11 is -0.826. The SMILES string of the molecule is CCCc1ccp[c-]1-c1ccccc1.CCCc1ccp[c-]1-c1ccccc1.[Cl][Zr+2][Cl]. The molecule has 2 aromatic carbocycles. The van der Waals surface area contributed by atoms with Gasteiger partial charge in [0.1, 0.15) is 0 Å². The van der Waals surface area contributed by atoms with Gasteiger partial charge in [-0.15, -0.1) is 70.2 Å². The van der Waals surface area contributed by atoms with Gasteiger partial charge in [-0.25, -0.2) is 0 Å². The van der Waals surface area contributed by atoms with Crippen molar-refractivity contribution < 1.29 is 20.8 Å². The van der Waals surface area contributed by atoms with Gasteiger partial charge in [0.15, 0.2) is 0 Å². The summed E-state index contributed by atoms with van der Waals surface area (Å²) in [6, 6.07) is 25.9.